The van der Waals surface area contributed by atoms with E-state index in [9.17, 15) is 0 Å². The van der Waals surface area contributed by atoms with Gasteiger partial charge in [0, 0.05) is 26.2 Å². The number of rotatable bonds is 0. The first kappa shape index (κ1) is 14.4. The van der Waals surface area contributed by atoms with Crippen LogP contribution in [0.15, 0.2) is 4.99 Å². The molecule has 2 aliphatic rings. The molecule has 0 aromatic rings. The zero-order valence-electron chi connectivity index (χ0n) is 11.1. The highest BCUT2D eigenvalue weighted by Gasteiger charge is 2.20. The second-order valence-corrected chi connectivity index (χ2v) is 3.38. The number of hydrogen-bond donors (Lipinski definition) is 0. The zero-order chi connectivity index (χ0) is 11.7. The Morgan fingerprint density at radius 1 is 1.00 bits per heavy atom. The molecule has 15 heavy (non-hydrogen) atoms. The summed E-state index contributed by atoms with van der Waals surface area (Å²) in [7, 11) is 2.16. The lowest BCUT2D eigenvalue weighted by Gasteiger charge is -2.37. The first-order valence-electron chi connectivity index (χ1n) is 6.33. The quantitative estimate of drug-likeness (QED) is 0.613. The van der Waals surface area contributed by atoms with Crippen LogP contribution in [0.25, 0.3) is 0 Å². The predicted octanol–water partition coefficient (Wildman–Crippen LogP) is 2.09. The van der Waals surface area contributed by atoms with Gasteiger partial charge >= 0.3 is 0 Å². The van der Waals surface area contributed by atoms with Crippen molar-refractivity contribution in [3.05, 3.63) is 0 Å². The summed E-state index contributed by atoms with van der Waals surface area (Å²) in [5.41, 5.74) is 0. The summed E-state index contributed by atoms with van der Waals surface area (Å²) in [4.78, 5) is 9.26. The Morgan fingerprint density at radius 2 is 1.67 bits per heavy atom. The van der Waals surface area contributed by atoms with Crippen LogP contribution in [0.3, 0.4) is 0 Å². The normalized spacial score (nSPS) is 20.1. The fourth-order valence-electron chi connectivity index (χ4n) is 1.70. The summed E-state index contributed by atoms with van der Waals surface area (Å²) < 4.78 is 0. The van der Waals surface area contributed by atoms with Crippen molar-refractivity contribution in [3.63, 3.8) is 0 Å². The number of piperazine rings is 1. The molecule has 1 saturated heterocycles. The Bertz CT molecular complexity index is 178. The van der Waals surface area contributed by atoms with Gasteiger partial charge in [0.25, 0.3) is 0 Å². The number of likely N-dealkylation sites (N-methyl/N-ethyl adjacent to an activating group) is 1. The van der Waals surface area contributed by atoms with E-state index in [1.165, 1.54) is 31.9 Å². The monoisotopic (exact) mass is 213 g/mol. The molecule has 2 rings (SSSR count). The lowest BCUT2D eigenvalue weighted by Crippen LogP contribution is -2.50. The van der Waals surface area contributed by atoms with Gasteiger partial charge in [0.2, 0.25) is 0 Å². The average Bonchev–Trinajstić information content (AvgIpc) is 2.34. The van der Waals surface area contributed by atoms with E-state index in [1.807, 2.05) is 27.7 Å². The van der Waals surface area contributed by atoms with Crippen molar-refractivity contribution < 1.29 is 0 Å². The molecule has 0 amide bonds. The highest BCUT2D eigenvalue weighted by atomic mass is 15.3. The Morgan fingerprint density at radius 3 is 2.33 bits per heavy atom. The number of amidine groups is 1. The van der Waals surface area contributed by atoms with E-state index in [-0.39, 0.29) is 0 Å². The van der Waals surface area contributed by atoms with Gasteiger partial charge in [-0.3, -0.25) is 9.89 Å². The maximum absolute atomic E-state index is 4.50. The summed E-state index contributed by atoms with van der Waals surface area (Å²) in [6.07, 6.45) is 1.24. The molecule has 0 aliphatic carbocycles. The minimum absolute atomic E-state index is 1.04. The first-order valence-corrected chi connectivity index (χ1v) is 6.33. The third-order valence-corrected chi connectivity index (χ3v) is 2.41. The fourth-order valence-corrected chi connectivity index (χ4v) is 1.70. The van der Waals surface area contributed by atoms with Crippen molar-refractivity contribution in [1.29, 1.82) is 0 Å². The molecule has 0 atom stereocenters. The van der Waals surface area contributed by atoms with E-state index >= 15 is 0 Å². The summed E-state index contributed by atoms with van der Waals surface area (Å²) in [5.74, 6) is 1.31. The maximum atomic E-state index is 4.50. The molecular weight excluding hydrogens is 186 g/mol. The molecule has 2 aliphatic heterocycles. The van der Waals surface area contributed by atoms with E-state index in [4.69, 9.17) is 0 Å². The maximum Gasteiger partial charge on any atom is 0.113 e. The van der Waals surface area contributed by atoms with Gasteiger partial charge in [-0.2, -0.15) is 0 Å². The van der Waals surface area contributed by atoms with Gasteiger partial charge in [0.15, 0.2) is 0 Å². The summed E-state index contributed by atoms with van der Waals surface area (Å²) in [5, 5.41) is 0. The highest BCUT2D eigenvalue weighted by Crippen LogP contribution is 2.08. The Kier molecular flexibility index (Phi) is 8.38. The number of hydrogen-bond acceptors (Lipinski definition) is 3. The molecule has 3 heteroatoms. The van der Waals surface area contributed by atoms with Crippen LogP contribution in [-0.4, -0.2) is 55.4 Å². The third-order valence-electron chi connectivity index (χ3n) is 2.41. The van der Waals surface area contributed by atoms with Crippen LogP contribution in [0.5, 0.6) is 0 Å². The molecule has 0 N–H and O–H groups in total. The third kappa shape index (κ3) is 4.65. The highest BCUT2D eigenvalue weighted by molar-refractivity contribution is 5.85. The fraction of sp³-hybridized carbons (Fsp3) is 0.917. The lowest BCUT2D eigenvalue weighted by atomic mass is 10.2. The Labute approximate surface area is 95.2 Å². The molecule has 1 fully saturated rings. The molecule has 90 valence electrons. The Balaban J connectivity index is 0.000000442. The first-order chi connectivity index (χ1) is 7.36. The Hall–Kier alpha value is -0.570. The van der Waals surface area contributed by atoms with E-state index < -0.39 is 0 Å². The molecule has 0 radical (unpaired) electrons. The van der Waals surface area contributed by atoms with Crippen LogP contribution in [0.1, 0.15) is 34.1 Å². The largest absolute Gasteiger partial charge is 0.358 e. The summed E-state index contributed by atoms with van der Waals surface area (Å²) in [6.45, 7) is 13.7. The minimum atomic E-state index is 1.04. The zero-order valence-corrected chi connectivity index (χ0v) is 11.1. The van der Waals surface area contributed by atoms with Crippen molar-refractivity contribution in [2.75, 3.05) is 39.8 Å². The van der Waals surface area contributed by atoms with Crippen LogP contribution >= 0.6 is 0 Å². The van der Waals surface area contributed by atoms with Crippen LogP contribution in [0.2, 0.25) is 0 Å². The second-order valence-electron chi connectivity index (χ2n) is 3.38. The van der Waals surface area contributed by atoms with Gasteiger partial charge in [-0.15, -0.1) is 0 Å². The molecular formula is C12H27N3. The van der Waals surface area contributed by atoms with Crippen molar-refractivity contribution in [2.45, 2.75) is 34.1 Å². The summed E-state index contributed by atoms with van der Waals surface area (Å²) >= 11 is 0. The standard InChI is InChI=1S/C8H15N3.2C2H6/c1-10-5-6-11-4-2-3-9-8(11)7-10;2*1-2/h2-7H2,1H3;2*1-2H3. The summed E-state index contributed by atoms with van der Waals surface area (Å²) in [6, 6.07) is 0. The minimum Gasteiger partial charge on any atom is -0.358 e. The molecule has 3 nitrogen and oxygen atoms in total. The van der Waals surface area contributed by atoms with Gasteiger partial charge in [-0.05, 0) is 13.5 Å². The van der Waals surface area contributed by atoms with E-state index in [1.54, 1.807) is 0 Å². The van der Waals surface area contributed by atoms with E-state index in [0.717, 1.165) is 13.1 Å². The van der Waals surface area contributed by atoms with E-state index in [0.29, 0.717) is 0 Å². The molecule has 0 bridgehead atoms. The van der Waals surface area contributed by atoms with Crippen LogP contribution in [-0.2, 0) is 0 Å². The van der Waals surface area contributed by atoms with Crippen LogP contribution in [0, 0.1) is 0 Å². The van der Waals surface area contributed by atoms with Gasteiger partial charge in [-0.1, -0.05) is 27.7 Å². The molecule has 0 unspecified atom stereocenters. The number of fused-ring (bicyclic) bond motifs is 1. The van der Waals surface area contributed by atoms with Gasteiger partial charge < -0.3 is 4.90 Å². The molecule has 0 saturated carbocycles. The van der Waals surface area contributed by atoms with E-state index in [2.05, 4.69) is 21.8 Å². The number of aliphatic imine (C=N–C) groups is 1. The van der Waals surface area contributed by atoms with Crippen molar-refractivity contribution >= 4 is 5.84 Å². The topological polar surface area (TPSA) is 18.8 Å². The molecule has 2 heterocycles. The average molecular weight is 213 g/mol. The van der Waals surface area contributed by atoms with Crippen molar-refractivity contribution in [1.82, 2.24) is 9.80 Å². The smallest absolute Gasteiger partial charge is 0.113 e. The molecule has 0 spiro atoms. The molecule has 0 aromatic carbocycles. The number of nitrogens with zero attached hydrogens (tertiary/aromatic N) is 3. The second kappa shape index (κ2) is 8.72. The van der Waals surface area contributed by atoms with Crippen molar-refractivity contribution in [2.24, 2.45) is 4.99 Å². The van der Waals surface area contributed by atoms with Crippen LogP contribution in [0.4, 0.5) is 0 Å². The van der Waals surface area contributed by atoms with Crippen LogP contribution < -0.4 is 0 Å². The predicted molar refractivity (Wildman–Crippen MR) is 68.7 cm³/mol. The van der Waals surface area contributed by atoms with Gasteiger partial charge in [0.05, 0.1) is 6.54 Å². The van der Waals surface area contributed by atoms with Gasteiger partial charge in [0.1, 0.15) is 5.84 Å². The van der Waals surface area contributed by atoms with Gasteiger partial charge in [-0.25, -0.2) is 0 Å². The SMILES string of the molecule is CC.CC.CN1CCN2CCCN=C2C1. The van der Waals surface area contributed by atoms with Crippen molar-refractivity contribution in [3.8, 4) is 0 Å². The lowest BCUT2D eigenvalue weighted by molar-refractivity contribution is 0.255. The molecule has 0 aromatic heterocycles.